The molecule has 3 N–H and O–H groups in total. The molecule has 0 atom stereocenters. The number of hydrogen-bond donors (Lipinski definition) is 2. The maximum absolute atomic E-state index is 11.9. The molecule has 1 amide bonds. The number of rotatable bonds is 4. The number of amides is 1. The monoisotopic (exact) mass is 277 g/mol. The Morgan fingerprint density at radius 3 is 2.95 bits per heavy atom. The summed E-state index contributed by atoms with van der Waals surface area (Å²) in [5, 5.41) is 2.84. The number of anilines is 1. The predicted molar refractivity (Wildman–Crippen MR) is 75.4 cm³/mol. The Bertz CT molecular complexity index is 576. The van der Waals surface area contributed by atoms with Gasteiger partial charge < -0.3 is 15.8 Å². The smallest absolute Gasteiger partial charge is 0.261 e. The molecule has 2 aromatic heterocycles. The molecule has 0 saturated carbocycles. The van der Waals surface area contributed by atoms with Gasteiger partial charge in [0.1, 0.15) is 0 Å². The van der Waals surface area contributed by atoms with Gasteiger partial charge in [0.2, 0.25) is 5.88 Å². The van der Waals surface area contributed by atoms with Crippen molar-refractivity contribution in [1.29, 1.82) is 0 Å². The van der Waals surface area contributed by atoms with Crippen molar-refractivity contribution in [2.45, 2.75) is 13.5 Å². The minimum Gasteiger partial charge on any atom is -0.481 e. The molecule has 0 saturated heterocycles. The fourth-order valence-corrected chi connectivity index (χ4v) is 2.41. The second kappa shape index (κ2) is 5.71. The van der Waals surface area contributed by atoms with Crippen molar-refractivity contribution in [2.24, 2.45) is 0 Å². The Kier molecular flexibility index (Phi) is 4.01. The lowest BCUT2D eigenvalue weighted by Crippen LogP contribution is -2.21. The van der Waals surface area contributed by atoms with Crippen LogP contribution < -0.4 is 15.8 Å². The molecule has 5 nitrogen and oxygen atoms in total. The van der Waals surface area contributed by atoms with Crippen molar-refractivity contribution < 1.29 is 9.53 Å². The summed E-state index contributed by atoms with van der Waals surface area (Å²) >= 11 is 1.39. The van der Waals surface area contributed by atoms with Crippen LogP contribution in [0.15, 0.2) is 24.4 Å². The summed E-state index contributed by atoms with van der Waals surface area (Å²) in [6, 6.07) is 5.31. The van der Waals surface area contributed by atoms with E-state index in [-0.39, 0.29) is 5.91 Å². The molecule has 0 aromatic carbocycles. The Morgan fingerprint density at radius 1 is 1.53 bits per heavy atom. The molecule has 2 heterocycles. The van der Waals surface area contributed by atoms with Crippen molar-refractivity contribution in [2.75, 3.05) is 12.8 Å². The number of hydrogen-bond acceptors (Lipinski definition) is 5. The van der Waals surface area contributed by atoms with Gasteiger partial charge in [-0.1, -0.05) is 0 Å². The SMILES string of the molecule is COc1cc(CNC(=O)c2cc(N)c(C)s2)ccn1. The van der Waals surface area contributed by atoms with Crippen molar-refractivity contribution in [3.8, 4) is 5.88 Å². The molecule has 6 heteroatoms. The lowest BCUT2D eigenvalue weighted by Gasteiger charge is -2.05. The lowest BCUT2D eigenvalue weighted by molar-refractivity contribution is 0.0955. The number of nitrogen functional groups attached to an aromatic ring is 1. The van der Waals surface area contributed by atoms with E-state index in [0.717, 1.165) is 10.4 Å². The average Bonchev–Trinajstić information content (AvgIpc) is 2.76. The van der Waals surface area contributed by atoms with E-state index in [2.05, 4.69) is 10.3 Å². The summed E-state index contributed by atoms with van der Waals surface area (Å²) in [4.78, 5) is 17.5. The molecule has 0 unspecified atom stereocenters. The van der Waals surface area contributed by atoms with Gasteiger partial charge in [-0.15, -0.1) is 11.3 Å². The Labute approximate surface area is 115 Å². The maximum Gasteiger partial charge on any atom is 0.261 e. The van der Waals surface area contributed by atoms with Gasteiger partial charge in [0.25, 0.3) is 5.91 Å². The van der Waals surface area contributed by atoms with Gasteiger partial charge in [-0.2, -0.15) is 0 Å². The normalized spacial score (nSPS) is 10.2. The largest absolute Gasteiger partial charge is 0.481 e. The number of methoxy groups -OCH3 is 1. The third-order valence-corrected chi connectivity index (χ3v) is 3.71. The van der Waals surface area contributed by atoms with Gasteiger partial charge in [0.05, 0.1) is 12.0 Å². The molecule has 19 heavy (non-hydrogen) atoms. The molecule has 0 aliphatic carbocycles. The maximum atomic E-state index is 11.9. The minimum atomic E-state index is -0.124. The lowest BCUT2D eigenvalue weighted by atomic mass is 10.2. The van der Waals surface area contributed by atoms with E-state index in [1.165, 1.54) is 11.3 Å². The Balaban J connectivity index is 2.00. The Hall–Kier alpha value is -2.08. The number of nitrogens with two attached hydrogens (primary N) is 1. The number of carbonyl (C=O) groups excluding carboxylic acids is 1. The summed E-state index contributed by atoms with van der Waals surface area (Å²) < 4.78 is 5.03. The highest BCUT2D eigenvalue weighted by Crippen LogP contribution is 2.23. The van der Waals surface area contributed by atoms with Gasteiger partial charge in [-0.25, -0.2) is 4.98 Å². The molecule has 0 spiro atoms. The molecule has 0 bridgehead atoms. The highest BCUT2D eigenvalue weighted by atomic mass is 32.1. The second-order valence-corrected chi connectivity index (χ2v) is 5.27. The first-order chi connectivity index (χ1) is 9.10. The van der Waals surface area contributed by atoms with Crippen LogP contribution in [-0.2, 0) is 6.54 Å². The zero-order valence-electron chi connectivity index (χ0n) is 10.8. The summed E-state index contributed by atoms with van der Waals surface area (Å²) in [6.07, 6.45) is 1.65. The number of aryl methyl sites for hydroxylation is 1. The molecule has 0 fully saturated rings. The van der Waals surface area contributed by atoms with E-state index in [1.54, 1.807) is 25.4 Å². The molecule has 100 valence electrons. The van der Waals surface area contributed by atoms with Crippen molar-refractivity contribution in [3.63, 3.8) is 0 Å². The molecule has 0 radical (unpaired) electrons. The summed E-state index contributed by atoms with van der Waals surface area (Å²) in [5.41, 5.74) is 7.31. The van der Waals surface area contributed by atoms with Crippen LogP contribution in [0.25, 0.3) is 0 Å². The van der Waals surface area contributed by atoms with Crippen molar-refractivity contribution in [3.05, 3.63) is 39.7 Å². The third kappa shape index (κ3) is 3.23. The van der Waals surface area contributed by atoms with E-state index >= 15 is 0 Å². The number of thiophene rings is 1. The molecule has 2 rings (SSSR count). The van der Waals surface area contributed by atoms with E-state index in [1.807, 2.05) is 13.0 Å². The first kappa shape index (κ1) is 13.4. The fourth-order valence-electron chi connectivity index (χ4n) is 1.55. The molecule has 0 aliphatic rings. The number of aromatic nitrogens is 1. The number of pyridine rings is 1. The summed E-state index contributed by atoms with van der Waals surface area (Å²) in [6.45, 7) is 2.32. The fraction of sp³-hybridized carbons (Fsp3) is 0.231. The first-order valence-corrected chi connectivity index (χ1v) is 6.55. The molecule has 0 aliphatic heterocycles. The van der Waals surface area contributed by atoms with E-state index < -0.39 is 0 Å². The first-order valence-electron chi connectivity index (χ1n) is 5.73. The second-order valence-electron chi connectivity index (χ2n) is 4.01. The average molecular weight is 277 g/mol. The van der Waals surface area contributed by atoms with Crippen LogP contribution in [0.4, 0.5) is 5.69 Å². The van der Waals surface area contributed by atoms with Gasteiger partial charge in [-0.3, -0.25) is 4.79 Å². The third-order valence-electron chi connectivity index (χ3n) is 2.64. The number of nitrogens with zero attached hydrogens (tertiary/aromatic N) is 1. The van der Waals surface area contributed by atoms with Gasteiger partial charge in [0, 0.05) is 29.4 Å². The van der Waals surface area contributed by atoms with Crippen LogP contribution in [-0.4, -0.2) is 18.0 Å². The van der Waals surface area contributed by atoms with Gasteiger partial charge in [0.15, 0.2) is 0 Å². The Morgan fingerprint density at radius 2 is 2.32 bits per heavy atom. The number of carbonyl (C=O) groups is 1. The number of nitrogens with one attached hydrogen (secondary N) is 1. The van der Waals surface area contributed by atoms with Crippen LogP contribution >= 0.6 is 11.3 Å². The quantitative estimate of drug-likeness (QED) is 0.895. The summed E-state index contributed by atoms with van der Waals surface area (Å²) in [5.74, 6) is 0.406. The predicted octanol–water partition coefficient (Wildman–Crippen LogP) is 1.97. The van der Waals surface area contributed by atoms with E-state index in [4.69, 9.17) is 10.5 Å². The van der Waals surface area contributed by atoms with Crippen LogP contribution in [0, 0.1) is 6.92 Å². The van der Waals surface area contributed by atoms with Crippen LogP contribution in [0.2, 0.25) is 0 Å². The van der Waals surface area contributed by atoms with Crippen LogP contribution in [0.3, 0.4) is 0 Å². The summed E-state index contributed by atoms with van der Waals surface area (Å²) in [7, 11) is 1.56. The molecule has 2 aromatic rings. The minimum absolute atomic E-state index is 0.124. The van der Waals surface area contributed by atoms with Gasteiger partial charge >= 0.3 is 0 Å². The standard InChI is InChI=1S/C13H15N3O2S/c1-8-10(14)6-11(19-8)13(17)16-7-9-3-4-15-12(5-9)18-2/h3-6H,7,14H2,1-2H3,(H,16,17). The van der Waals surface area contributed by atoms with Crippen LogP contribution in [0.5, 0.6) is 5.88 Å². The van der Waals surface area contributed by atoms with Crippen LogP contribution in [0.1, 0.15) is 20.1 Å². The highest BCUT2D eigenvalue weighted by Gasteiger charge is 2.10. The topological polar surface area (TPSA) is 77.2 Å². The molecular weight excluding hydrogens is 262 g/mol. The van der Waals surface area contributed by atoms with Crippen molar-refractivity contribution in [1.82, 2.24) is 10.3 Å². The van der Waals surface area contributed by atoms with E-state index in [9.17, 15) is 4.79 Å². The highest BCUT2D eigenvalue weighted by molar-refractivity contribution is 7.14. The zero-order chi connectivity index (χ0) is 13.8. The molecular formula is C13H15N3O2S. The van der Waals surface area contributed by atoms with E-state index in [0.29, 0.717) is 23.0 Å². The van der Waals surface area contributed by atoms with Gasteiger partial charge in [-0.05, 0) is 24.6 Å². The van der Waals surface area contributed by atoms with Crippen molar-refractivity contribution >= 4 is 22.9 Å². The number of ether oxygens (including phenoxy) is 1. The zero-order valence-corrected chi connectivity index (χ0v) is 11.6.